The van der Waals surface area contributed by atoms with Crippen LogP contribution in [0.5, 0.6) is 0 Å². The Kier molecular flexibility index (Phi) is 4.49. The topological polar surface area (TPSA) is 90.5 Å². The first-order chi connectivity index (χ1) is 14.8. The first kappa shape index (κ1) is 17.7. The summed E-state index contributed by atoms with van der Waals surface area (Å²) in [6.07, 6.45) is 3.22. The summed E-state index contributed by atoms with van der Waals surface area (Å²) in [6, 6.07) is 22.8. The third-order valence-corrected chi connectivity index (χ3v) is 4.79. The van der Waals surface area contributed by atoms with E-state index in [0.717, 1.165) is 22.3 Å². The molecule has 1 N–H and O–H groups in total. The van der Waals surface area contributed by atoms with Crippen LogP contribution in [-0.2, 0) is 6.54 Å². The number of benzene rings is 3. The zero-order valence-electron chi connectivity index (χ0n) is 15.9. The lowest BCUT2D eigenvalue weighted by Crippen LogP contribution is -2.12. The average molecular weight is 395 g/mol. The van der Waals surface area contributed by atoms with E-state index in [4.69, 9.17) is 0 Å². The molecule has 0 bridgehead atoms. The van der Waals surface area contributed by atoms with E-state index in [2.05, 4.69) is 25.8 Å². The molecule has 8 nitrogen and oxygen atoms in total. The van der Waals surface area contributed by atoms with E-state index in [9.17, 15) is 4.79 Å². The van der Waals surface area contributed by atoms with Gasteiger partial charge in [-0.2, -0.15) is 0 Å². The molecule has 30 heavy (non-hydrogen) atoms. The number of hydrogen-bond donors (Lipinski definition) is 1. The molecule has 146 valence electrons. The number of anilines is 1. The van der Waals surface area contributed by atoms with E-state index in [0.29, 0.717) is 17.8 Å². The summed E-state index contributed by atoms with van der Waals surface area (Å²) in [7, 11) is 0. The zero-order valence-corrected chi connectivity index (χ0v) is 15.9. The highest BCUT2D eigenvalue weighted by Crippen LogP contribution is 2.16. The highest BCUT2D eigenvalue weighted by atomic mass is 16.1. The highest BCUT2D eigenvalue weighted by Gasteiger charge is 2.09. The Balaban J connectivity index is 1.30. The number of hydrogen-bond acceptors (Lipinski definition) is 5. The van der Waals surface area contributed by atoms with Crippen molar-refractivity contribution in [3.63, 3.8) is 0 Å². The fraction of sp³-hybridized carbons (Fsp3) is 0.0455. The van der Waals surface area contributed by atoms with Gasteiger partial charge in [0.05, 0.1) is 17.7 Å². The summed E-state index contributed by atoms with van der Waals surface area (Å²) in [5.74, 6) is -0.173. The number of amides is 1. The number of carbonyl (C=O) groups excluding carboxylic acids is 1. The molecule has 0 fully saturated rings. The number of nitrogens with zero attached hydrogens (tertiary/aromatic N) is 6. The van der Waals surface area contributed by atoms with Gasteiger partial charge in [0.1, 0.15) is 18.2 Å². The quantitative estimate of drug-likeness (QED) is 0.493. The van der Waals surface area contributed by atoms with Crippen molar-refractivity contribution >= 4 is 22.6 Å². The fourth-order valence-corrected chi connectivity index (χ4v) is 3.25. The SMILES string of the molecule is O=C(Nc1cccc(-n2cnnc2)c1)c1ccc(Cn2nnc3ccccc32)cc1. The number of fused-ring (bicyclic) bond motifs is 1. The zero-order chi connectivity index (χ0) is 20.3. The molecule has 0 unspecified atom stereocenters. The normalized spacial score (nSPS) is 10.9. The van der Waals surface area contributed by atoms with E-state index in [1.54, 1.807) is 17.2 Å². The summed E-state index contributed by atoms with van der Waals surface area (Å²) in [5, 5.41) is 18.9. The van der Waals surface area contributed by atoms with Crippen molar-refractivity contribution < 1.29 is 4.79 Å². The number of rotatable bonds is 5. The minimum atomic E-state index is -0.173. The molecule has 3 aromatic carbocycles. The van der Waals surface area contributed by atoms with Crippen LogP contribution >= 0.6 is 0 Å². The molecule has 2 aromatic heterocycles. The summed E-state index contributed by atoms with van der Waals surface area (Å²) >= 11 is 0. The van der Waals surface area contributed by atoms with Crippen molar-refractivity contribution in [3.8, 4) is 5.69 Å². The number of aromatic nitrogens is 6. The van der Waals surface area contributed by atoms with Gasteiger partial charge < -0.3 is 5.32 Å². The Labute approximate surface area is 171 Å². The largest absolute Gasteiger partial charge is 0.322 e. The molecule has 2 heterocycles. The van der Waals surface area contributed by atoms with Crippen molar-refractivity contribution in [2.75, 3.05) is 5.32 Å². The summed E-state index contributed by atoms with van der Waals surface area (Å²) in [5.41, 5.74) is 5.03. The molecule has 0 aliphatic carbocycles. The van der Waals surface area contributed by atoms with Crippen LogP contribution in [0.3, 0.4) is 0 Å². The predicted molar refractivity (Wildman–Crippen MR) is 112 cm³/mol. The second-order valence-corrected chi connectivity index (χ2v) is 6.81. The molecular formula is C22H17N7O. The highest BCUT2D eigenvalue weighted by molar-refractivity contribution is 6.04. The van der Waals surface area contributed by atoms with Crippen molar-refractivity contribution in [3.05, 3.63) is 96.6 Å². The molecule has 0 aliphatic rings. The third-order valence-electron chi connectivity index (χ3n) is 4.79. The van der Waals surface area contributed by atoms with Crippen molar-refractivity contribution in [1.82, 2.24) is 29.8 Å². The Bertz CT molecular complexity index is 1310. The summed E-state index contributed by atoms with van der Waals surface area (Å²) in [4.78, 5) is 12.6. The first-order valence-electron chi connectivity index (χ1n) is 9.40. The van der Waals surface area contributed by atoms with Crippen molar-refractivity contribution in [2.24, 2.45) is 0 Å². The third kappa shape index (κ3) is 3.53. The molecule has 5 rings (SSSR count). The molecule has 0 spiro atoms. The monoisotopic (exact) mass is 395 g/mol. The second-order valence-electron chi connectivity index (χ2n) is 6.81. The first-order valence-corrected chi connectivity index (χ1v) is 9.40. The van der Waals surface area contributed by atoms with Crippen molar-refractivity contribution in [1.29, 1.82) is 0 Å². The fourth-order valence-electron chi connectivity index (χ4n) is 3.25. The van der Waals surface area contributed by atoms with Crippen molar-refractivity contribution in [2.45, 2.75) is 6.54 Å². The Morgan fingerprint density at radius 1 is 0.900 bits per heavy atom. The van der Waals surface area contributed by atoms with Gasteiger partial charge in [0.25, 0.3) is 5.91 Å². The lowest BCUT2D eigenvalue weighted by molar-refractivity contribution is 0.102. The maximum absolute atomic E-state index is 12.6. The minimum Gasteiger partial charge on any atom is -0.322 e. The second kappa shape index (κ2) is 7.59. The van der Waals surface area contributed by atoms with Gasteiger partial charge in [0.15, 0.2) is 0 Å². The Hall–Kier alpha value is -4.33. The summed E-state index contributed by atoms with van der Waals surface area (Å²) < 4.78 is 3.62. The standard InChI is InChI=1S/C22H17N7O/c30-22(25-18-4-3-5-19(12-18)28-14-23-24-15-28)17-10-8-16(9-11-17)13-29-21-7-2-1-6-20(21)26-27-29/h1-12,14-15H,13H2,(H,25,30). The van der Waals surface area contributed by atoms with Gasteiger partial charge in [-0.3, -0.25) is 9.36 Å². The van der Waals surface area contributed by atoms with Gasteiger partial charge in [-0.1, -0.05) is 35.5 Å². The number of nitrogens with one attached hydrogen (secondary N) is 1. The maximum atomic E-state index is 12.6. The number of carbonyl (C=O) groups is 1. The van der Waals surface area contributed by atoms with Crippen LogP contribution in [0.2, 0.25) is 0 Å². The lowest BCUT2D eigenvalue weighted by Gasteiger charge is -2.09. The number of para-hydroxylation sites is 1. The maximum Gasteiger partial charge on any atom is 0.255 e. The summed E-state index contributed by atoms with van der Waals surface area (Å²) in [6.45, 7) is 0.587. The van der Waals surface area contributed by atoms with E-state index in [-0.39, 0.29) is 5.91 Å². The molecule has 0 saturated carbocycles. The average Bonchev–Trinajstić information content (AvgIpc) is 3.45. The van der Waals surface area contributed by atoms with Crippen LogP contribution in [0.25, 0.3) is 16.7 Å². The molecule has 0 radical (unpaired) electrons. The molecule has 8 heteroatoms. The van der Waals surface area contributed by atoms with Gasteiger partial charge in [0.2, 0.25) is 0 Å². The Morgan fingerprint density at radius 3 is 2.53 bits per heavy atom. The molecule has 0 saturated heterocycles. The van der Waals surface area contributed by atoms with Crippen LogP contribution in [0.15, 0.2) is 85.5 Å². The molecule has 5 aromatic rings. The van der Waals surface area contributed by atoms with Crippen LogP contribution in [0, 0.1) is 0 Å². The molecule has 0 aliphatic heterocycles. The van der Waals surface area contributed by atoms with Crippen LogP contribution in [0.1, 0.15) is 15.9 Å². The van der Waals surface area contributed by atoms with E-state index < -0.39 is 0 Å². The van der Waals surface area contributed by atoms with Crippen LogP contribution < -0.4 is 5.32 Å². The van der Waals surface area contributed by atoms with E-state index in [1.807, 2.05) is 77.5 Å². The van der Waals surface area contributed by atoms with Crippen LogP contribution in [-0.4, -0.2) is 35.7 Å². The van der Waals surface area contributed by atoms with Gasteiger partial charge in [-0.15, -0.1) is 15.3 Å². The van der Waals surface area contributed by atoms with E-state index >= 15 is 0 Å². The lowest BCUT2D eigenvalue weighted by atomic mass is 10.1. The van der Waals surface area contributed by atoms with Gasteiger partial charge in [0, 0.05) is 11.3 Å². The van der Waals surface area contributed by atoms with Gasteiger partial charge in [-0.05, 0) is 48.0 Å². The van der Waals surface area contributed by atoms with Gasteiger partial charge >= 0.3 is 0 Å². The predicted octanol–water partition coefficient (Wildman–Crippen LogP) is 3.31. The molecule has 0 atom stereocenters. The Morgan fingerprint density at radius 2 is 1.70 bits per heavy atom. The minimum absolute atomic E-state index is 0.173. The van der Waals surface area contributed by atoms with Crippen LogP contribution in [0.4, 0.5) is 5.69 Å². The molecule has 1 amide bonds. The van der Waals surface area contributed by atoms with Gasteiger partial charge in [-0.25, -0.2) is 4.68 Å². The van der Waals surface area contributed by atoms with E-state index in [1.165, 1.54) is 0 Å². The smallest absolute Gasteiger partial charge is 0.255 e. The molecular weight excluding hydrogens is 378 g/mol.